The fourth-order valence-corrected chi connectivity index (χ4v) is 8.78. The standard InChI is InChI=1S/C41H50ClN11O5/c1-24-21-53(41-44-20-30(42)38(47-41)45-27-8-10-31-26(18-27)19-33(40(57)49(31)3)58-23-35(55)43-2)17-16-52(24)22-25-12-14-51(15-13-25)32-7-5-6-28-36(48-50(4)37(28)32)29-9-11-34(54)46-39(29)56/h5-8,10,18-20,24-25,29,40,57H,9,11-17,21-23H2,1-4H3,(H,43,55)(H,44,45,47)(H,46,54,56)/t24-,29?,40?/m0/s1. The number of anilines is 5. The summed E-state index contributed by atoms with van der Waals surface area (Å²) < 4.78 is 7.51. The van der Waals surface area contributed by atoms with Crippen molar-refractivity contribution in [1.82, 2.24) is 35.3 Å². The van der Waals surface area contributed by atoms with Crippen LogP contribution >= 0.6 is 11.6 Å². The molecule has 3 atom stereocenters. The van der Waals surface area contributed by atoms with Gasteiger partial charge in [-0.1, -0.05) is 23.7 Å². The smallest absolute Gasteiger partial charge is 0.257 e. The van der Waals surface area contributed by atoms with Crippen molar-refractivity contribution in [2.75, 3.05) is 80.0 Å². The maximum absolute atomic E-state index is 12.7. The number of para-hydroxylation sites is 1. The first kappa shape index (κ1) is 39.4. The number of piperidine rings is 2. The van der Waals surface area contributed by atoms with Crippen LogP contribution in [0.1, 0.15) is 49.8 Å². The van der Waals surface area contributed by atoms with Gasteiger partial charge >= 0.3 is 0 Å². The number of aryl methyl sites for hydroxylation is 1. The fourth-order valence-electron chi connectivity index (χ4n) is 8.64. The largest absolute Gasteiger partial charge is 0.483 e. The number of carbonyl (C=O) groups is 3. The molecule has 306 valence electrons. The number of piperazine rings is 1. The molecular weight excluding hydrogens is 762 g/mol. The van der Waals surface area contributed by atoms with Crippen LogP contribution in [0.15, 0.2) is 48.4 Å². The van der Waals surface area contributed by atoms with Gasteiger partial charge in [-0.2, -0.15) is 10.1 Å². The zero-order valence-corrected chi connectivity index (χ0v) is 34.0. The summed E-state index contributed by atoms with van der Waals surface area (Å²) in [7, 11) is 5.23. The van der Waals surface area contributed by atoms with Crippen LogP contribution in [-0.4, -0.2) is 120 Å². The highest BCUT2D eigenvalue weighted by Gasteiger charge is 2.34. The third-order valence-corrected chi connectivity index (χ3v) is 12.2. The molecule has 0 radical (unpaired) electrons. The van der Waals surface area contributed by atoms with E-state index < -0.39 is 12.1 Å². The van der Waals surface area contributed by atoms with Crippen molar-refractivity contribution in [3.8, 4) is 0 Å². The van der Waals surface area contributed by atoms with E-state index in [0.717, 1.165) is 91.3 Å². The fraction of sp³-hybridized carbons (Fsp3) is 0.463. The molecule has 3 saturated heterocycles. The molecule has 3 amide bonds. The molecule has 3 fully saturated rings. The molecule has 16 nitrogen and oxygen atoms in total. The predicted molar refractivity (Wildman–Crippen MR) is 223 cm³/mol. The third-order valence-electron chi connectivity index (χ3n) is 11.9. The Bertz CT molecular complexity index is 2260. The number of halogens is 1. The first-order chi connectivity index (χ1) is 28.0. The second-order valence-corrected chi connectivity index (χ2v) is 16.1. The molecule has 17 heteroatoms. The molecule has 0 aliphatic carbocycles. The molecule has 2 aromatic carbocycles. The number of imide groups is 1. The van der Waals surface area contributed by atoms with E-state index in [2.05, 4.69) is 48.6 Å². The summed E-state index contributed by atoms with van der Waals surface area (Å²) in [5.74, 6) is 0.757. The maximum atomic E-state index is 12.7. The van der Waals surface area contributed by atoms with E-state index in [1.165, 1.54) is 7.05 Å². The van der Waals surface area contributed by atoms with Crippen LogP contribution in [0, 0.1) is 5.92 Å². The van der Waals surface area contributed by atoms with Gasteiger partial charge in [-0.3, -0.25) is 29.3 Å². The Morgan fingerprint density at radius 1 is 1.05 bits per heavy atom. The van der Waals surface area contributed by atoms with Gasteiger partial charge in [-0.05, 0) is 62.4 Å². The van der Waals surface area contributed by atoms with Crippen molar-refractivity contribution < 1.29 is 24.2 Å². The van der Waals surface area contributed by atoms with Gasteiger partial charge in [0.25, 0.3) is 5.91 Å². The van der Waals surface area contributed by atoms with E-state index >= 15 is 0 Å². The summed E-state index contributed by atoms with van der Waals surface area (Å²) in [6, 6.07) is 12.3. The number of aliphatic hydroxyl groups excluding tert-OH is 1. The Morgan fingerprint density at radius 3 is 2.62 bits per heavy atom. The molecule has 4 aliphatic rings. The van der Waals surface area contributed by atoms with Crippen molar-refractivity contribution in [2.45, 2.75) is 50.8 Å². The number of carbonyl (C=O) groups excluding carboxylic acids is 3. The van der Waals surface area contributed by atoms with Crippen LogP contribution in [0.2, 0.25) is 5.02 Å². The summed E-state index contributed by atoms with van der Waals surface area (Å²) in [5, 5.41) is 25.3. The van der Waals surface area contributed by atoms with Gasteiger partial charge < -0.3 is 35.2 Å². The van der Waals surface area contributed by atoms with Crippen molar-refractivity contribution in [2.24, 2.45) is 13.0 Å². The average molecular weight is 812 g/mol. The second-order valence-electron chi connectivity index (χ2n) is 15.7. The van der Waals surface area contributed by atoms with E-state index in [9.17, 15) is 19.5 Å². The number of hydrogen-bond acceptors (Lipinski definition) is 13. The Balaban J connectivity index is 0.875. The lowest BCUT2D eigenvalue weighted by molar-refractivity contribution is -0.134. The van der Waals surface area contributed by atoms with Crippen molar-refractivity contribution in [3.63, 3.8) is 0 Å². The van der Waals surface area contributed by atoms with E-state index in [1.807, 2.05) is 42.1 Å². The molecule has 6 heterocycles. The molecular formula is C41H50ClN11O5. The SMILES string of the molecule is CNC(=O)COC1=Cc2cc(Nc3nc(N4CCN(CC5CCN(c6cccc7c(C8CCC(=O)NC8=O)nn(C)c67)CC5)[C@@H](C)C4)ncc3Cl)ccc2N(C)C1O. The second kappa shape index (κ2) is 16.4. The summed E-state index contributed by atoms with van der Waals surface area (Å²) in [6.45, 7) is 7.46. The Kier molecular flexibility index (Phi) is 11.2. The molecule has 8 rings (SSSR count). The number of likely N-dealkylation sites (N-methyl/N-ethyl adjacent to an activating group) is 2. The van der Waals surface area contributed by atoms with E-state index in [-0.39, 0.29) is 30.1 Å². The van der Waals surface area contributed by atoms with Crippen LogP contribution < -0.4 is 30.7 Å². The van der Waals surface area contributed by atoms with Crippen LogP contribution in [-0.2, 0) is 26.2 Å². The summed E-state index contributed by atoms with van der Waals surface area (Å²) in [6.07, 6.45) is 5.31. The highest BCUT2D eigenvalue weighted by atomic mass is 35.5. The lowest BCUT2D eigenvalue weighted by Crippen LogP contribution is -2.54. The highest BCUT2D eigenvalue weighted by molar-refractivity contribution is 6.33. The molecule has 2 unspecified atom stereocenters. The molecule has 0 spiro atoms. The zero-order chi connectivity index (χ0) is 40.7. The van der Waals surface area contributed by atoms with Gasteiger partial charge in [-0.25, -0.2) is 4.98 Å². The van der Waals surface area contributed by atoms with E-state index in [1.54, 1.807) is 24.2 Å². The molecule has 58 heavy (non-hydrogen) atoms. The van der Waals surface area contributed by atoms with Crippen LogP contribution in [0.3, 0.4) is 0 Å². The van der Waals surface area contributed by atoms with Gasteiger partial charge in [-0.15, -0.1) is 0 Å². The first-order valence-electron chi connectivity index (χ1n) is 19.9. The maximum Gasteiger partial charge on any atom is 0.257 e. The number of nitrogens with one attached hydrogen (secondary N) is 3. The van der Waals surface area contributed by atoms with Crippen LogP contribution in [0.25, 0.3) is 17.0 Å². The van der Waals surface area contributed by atoms with E-state index in [0.29, 0.717) is 41.6 Å². The topological polar surface area (TPSA) is 173 Å². The van der Waals surface area contributed by atoms with Gasteiger partial charge in [0.15, 0.2) is 18.7 Å². The number of fused-ring (bicyclic) bond motifs is 2. The van der Waals surface area contributed by atoms with E-state index in [4.69, 9.17) is 26.4 Å². The molecule has 2 aromatic heterocycles. The minimum atomic E-state index is -1.02. The van der Waals surface area contributed by atoms with Crippen molar-refractivity contribution in [3.05, 3.63) is 64.6 Å². The number of aromatic nitrogens is 4. The van der Waals surface area contributed by atoms with Gasteiger partial charge in [0.05, 0.1) is 29.0 Å². The number of aliphatic hydroxyl groups is 1. The van der Waals surface area contributed by atoms with Crippen LogP contribution in [0.4, 0.5) is 28.8 Å². The first-order valence-corrected chi connectivity index (χ1v) is 20.3. The predicted octanol–water partition coefficient (Wildman–Crippen LogP) is 3.58. The van der Waals surface area contributed by atoms with Crippen molar-refractivity contribution >= 4 is 75.1 Å². The van der Waals surface area contributed by atoms with Crippen molar-refractivity contribution in [1.29, 1.82) is 0 Å². The average Bonchev–Trinajstić information content (AvgIpc) is 3.56. The minimum absolute atomic E-state index is 0.199. The number of hydrogen-bond donors (Lipinski definition) is 4. The lowest BCUT2D eigenvalue weighted by atomic mass is 9.92. The van der Waals surface area contributed by atoms with Gasteiger partial charge in [0.1, 0.15) is 10.8 Å². The molecule has 4 aromatic rings. The molecule has 4 aliphatic heterocycles. The molecule has 0 bridgehead atoms. The Hall–Kier alpha value is -5.45. The zero-order valence-electron chi connectivity index (χ0n) is 33.2. The van der Waals surface area contributed by atoms with Gasteiger partial charge in [0.2, 0.25) is 17.8 Å². The number of ether oxygens (including phenoxy) is 1. The monoisotopic (exact) mass is 811 g/mol. The normalized spacial score (nSPS) is 21.8. The third kappa shape index (κ3) is 7.87. The molecule has 4 N–H and O–H groups in total. The van der Waals surface area contributed by atoms with Crippen LogP contribution in [0.5, 0.6) is 0 Å². The number of nitrogens with zero attached hydrogens (tertiary/aromatic N) is 8. The number of amides is 3. The summed E-state index contributed by atoms with van der Waals surface area (Å²) >= 11 is 6.61. The molecule has 0 saturated carbocycles. The number of benzene rings is 2. The Morgan fingerprint density at radius 2 is 1.86 bits per heavy atom. The number of rotatable bonds is 10. The summed E-state index contributed by atoms with van der Waals surface area (Å²) in [5.41, 5.74) is 5.26. The Labute approximate surface area is 342 Å². The lowest BCUT2D eigenvalue weighted by Gasteiger charge is -2.43. The minimum Gasteiger partial charge on any atom is -0.483 e. The quantitative estimate of drug-likeness (QED) is 0.172. The summed E-state index contributed by atoms with van der Waals surface area (Å²) in [4.78, 5) is 54.6. The highest BCUT2D eigenvalue weighted by Crippen LogP contribution is 2.37. The van der Waals surface area contributed by atoms with Gasteiger partial charge in [0, 0.05) is 95.2 Å².